The minimum atomic E-state index is -0.427. The molecule has 25 heavy (non-hydrogen) atoms. The summed E-state index contributed by atoms with van der Waals surface area (Å²) in [6, 6.07) is 16.4. The van der Waals surface area contributed by atoms with Crippen LogP contribution in [0.4, 0.5) is 5.69 Å². The van der Waals surface area contributed by atoms with Crippen LogP contribution in [0.3, 0.4) is 0 Å². The van der Waals surface area contributed by atoms with E-state index in [-0.39, 0.29) is 12.5 Å². The van der Waals surface area contributed by atoms with Gasteiger partial charge in [-0.05, 0) is 24.3 Å². The fraction of sp³-hybridized carbons (Fsp3) is 0.105. The second-order valence-electron chi connectivity index (χ2n) is 5.34. The molecule has 0 unspecified atom stereocenters. The predicted octanol–water partition coefficient (Wildman–Crippen LogP) is 4.13. The molecule has 0 spiro atoms. The molecule has 3 rings (SSSR count). The van der Waals surface area contributed by atoms with Crippen molar-refractivity contribution in [3.05, 3.63) is 71.2 Å². The molecule has 0 saturated carbocycles. The molecule has 0 radical (unpaired) electrons. The zero-order valence-electron chi connectivity index (χ0n) is 13.6. The lowest BCUT2D eigenvalue weighted by molar-refractivity contribution is -0.114. The summed E-state index contributed by atoms with van der Waals surface area (Å²) in [6.45, 7) is 1.55. The van der Waals surface area contributed by atoms with Crippen molar-refractivity contribution in [3.8, 4) is 10.6 Å². The Labute approximate surface area is 149 Å². The molecule has 0 aliphatic heterocycles. The normalized spacial score (nSPS) is 10.3. The third kappa shape index (κ3) is 4.51. The van der Waals surface area contributed by atoms with Gasteiger partial charge in [0.05, 0.1) is 11.3 Å². The van der Waals surface area contributed by atoms with Crippen LogP contribution in [-0.2, 0) is 16.1 Å². The SMILES string of the molecule is CC(=O)Nc1ccc(C(=O)OCc2csc(-c3ccccc3)n2)cc1. The molecular formula is C19H16N2O3S. The van der Waals surface area contributed by atoms with Crippen LogP contribution in [-0.4, -0.2) is 16.9 Å². The van der Waals surface area contributed by atoms with E-state index in [2.05, 4.69) is 10.3 Å². The van der Waals surface area contributed by atoms with Gasteiger partial charge in [-0.15, -0.1) is 11.3 Å². The maximum atomic E-state index is 12.1. The number of hydrogen-bond acceptors (Lipinski definition) is 5. The summed E-state index contributed by atoms with van der Waals surface area (Å²) >= 11 is 1.52. The third-order valence-corrected chi connectivity index (χ3v) is 4.30. The van der Waals surface area contributed by atoms with Crippen molar-refractivity contribution >= 4 is 28.9 Å². The Morgan fingerprint density at radius 3 is 2.48 bits per heavy atom. The number of thiazole rings is 1. The minimum absolute atomic E-state index is 0.121. The van der Waals surface area contributed by atoms with Crippen molar-refractivity contribution in [1.82, 2.24) is 4.98 Å². The van der Waals surface area contributed by atoms with Gasteiger partial charge in [0, 0.05) is 23.6 Å². The van der Waals surface area contributed by atoms with Crippen LogP contribution in [0.1, 0.15) is 23.0 Å². The Morgan fingerprint density at radius 1 is 1.08 bits per heavy atom. The van der Waals surface area contributed by atoms with Crippen molar-refractivity contribution in [1.29, 1.82) is 0 Å². The Hall–Kier alpha value is -2.99. The number of nitrogens with one attached hydrogen (secondary N) is 1. The topological polar surface area (TPSA) is 68.3 Å². The van der Waals surface area contributed by atoms with Crippen LogP contribution in [0.5, 0.6) is 0 Å². The van der Waals surface area contributed by atoms with Crippen LogP contribution < -0.4 is 5.32 Å². The number of esters is 1. The van der Waals surface area contributed by atoms with Gasteiger partial charge in [0.1, 0.15) is 11.6 Å². The first-order chi connectivity index (χ1) is 12.1. The molecule has 1 aromatic heterocycles. The van der Waals surface area contributed by atoms with Gasteiger partial charge in [0.25, 0.3) is 0 Å². The zero-order valence-corrected chi connectivity index (χ0v) is 14.4. The van der Waals surface area contributed by atoms with E-state index in [1.165, 1.54) is 18.3 Å². The van der Waals surface area contributed by atoms with E-state index < -0.39 is 5.97 Å². The number of carbonyl (C=O) groups is 2. The molecule has 0 bridgehead atoms. The average Bonchev–Trinajstić information content (AvgIpc) is 3.10. The van der Waals surface area contributed by atoms with Gasteiger partial charge in [-0.2, -0.15) is 0 Å². The number of amides is 1. The number of ether oxygens (including phenoxy) is 1. The highest BCUT2D eigenvalue weighted by Crippen LogP contribution is 2.23. The largest absolute Gasteiger partial charge is 0.456 e. The number of nitrogens with zero attached hydrogens (tertiary/aromatic N) is 1. The van der Waals surface area contributed by atoms with Gasteiger partial charge in [-0.3, -0.25) is 4.79 Å². The average molecular weight is 352 g/mol. The lowest BCUT2D eigenvalue weighted by Gasteiger charge is -2.05. The molecule has 0 saturated heterocycles. The summed E-state index contributed by atoms with van der Waals surface area (Å²) in [5.74, 6) is -0.586. The smallest absolute Gasteiger partial charge is 0.338 e. The summed E-state index contributed by atoms with van der Waals surface area (Å²) < 4.78 is 5.30. The fourth-order valence-corrected chi connectivity index (χ4v) is 3.01. The van der Waals surface area contributed by atoms with Crippen LogP contribution in [0.15, 0.2) is 60.0 Å². The molecule has 3 aromatic rings. The highest BCUT2D eigenvalue weighted by Gasteiger charge is 2.10. The van der Waals surface area contributed by atoms with E-state index in [0.717, 1.165) is 10.6 Å². The lowest BCUT2D eigenvalue weighted by atomic mass is 10.2. The van der Waals surface area contributed by atoms with Crippen molar-refractivity contribution < 1.29 is 14.3 Å². The molecule has 1 N–H and O–H groups in total. The summed E-state index contributed by atoms with van der Waals surface area (Å²) in [5.41, 5.74) is 2.81. The first-order valence-electron chi connectivity index (χ1n) is 7.66. The van der Waals surface area contributed by atoms with Gasteiger partial charge in [-0.1, -0.05) is 30.3 Å². The van der Waals surface area contributed by atoms with Crippen LogP contribution in [0, 0.1) is 0 Å². The third-order valence-electron chi connectivity index (χ3n) is 3.36. The number of aromatic nitrogens is 1. The molecular weight excluding hydrogens is 336 g/mol. The summed E-state index contributed by atoms with van der Waals surface area (Å²) in [6.07, 6.45) is 0. The Kier molecular flexibility index (Phi) is 5.20. The van der Waals surface area contributed by atoms with Crippen molar-refractivity contribution in [3.63, 3.8) is 0 Å². The summed E-state index contributed by atoms with van der Waals surface area (Å²) in [5, 5.41) is 5.43. The van der Waals surface area contributed by atoms with E-state index in [0.29, 0.717) is 16.9 Å². The highest BCUT2D eigenvalue weighted by atomic mass is 32.1. The molecule has 0 fully saturated rings. The van der Waals surface area contributed by atoms with E-state index in [1.807, 2.05) is 35.7 Å². The maximum Gasteiger partial charge on any atom is 0.338 e. The molecule has 1 heterocycles. The highest BCUT2D eigenvalue weighted by molar-refractivity contribution is 7.13. The van der Waals surface area contributed by atoms with Gasteiger partial charge in [-0.25, -0.2) is 9.78 Å². The molecule has 2 aromatic carbocycles. The van der Waals surface area contributed by atoms with E-state index in [9.17, 15) is 9.59 Å². The summed E-state index contributed by atoms with van der Waals surface area (Å²) in [4.78, 5) is 27.6. The first kappa shape index (κ1) is 16.9. The molecule has 5 nitrogen and oxygen atoms in total. The van der Waals surface area contributed by atoms with Crippen LogP contribution in [0.25, 0.3) is 10.6 Å². The number of rotatable bonds is 5. The fourth-order valence-electron chi connectivity index (χ4n) is 2.20. The number of benzene rings is 2. The monoisotopic (exact) mass is 352 g/mol. The van der Waals surface area contributed by atoms with Gasteiger partial charge >= 0.3 is 5.97 Å². The second-order valence-corrected chi connectivity index (χ2v) is 6.20. The van der Waals surface area contributed by atoms with E-state index in [4.69, 9.17) is 4.74 Å². The Balaban J connectivity index is 1.59. The molecule has 0 aliphatic carbocycles. The maximum absolute atomic E-state index is 12.1. The second kappa shape index (κ2) is 7.72. The standard InChI is InChI=1S/C19H16N2O3S/c1-13(22)20-16-9-7-15(8-10-16)19(23)24-11-17-12-25-18(21-17)14-5-3-2-4-6-14/h2-10,12H,11H2,1H3,(H,20,22). The van der Waals surface area contributed by atoms with E-state index in [1.54, 1.807) is 24.3 Å². The van der Waals surface area contributed by atoms with Crippen LogP contribution in [0.2, 0.25) is 0 Å². The van der Waals surface area contributed by atoms with Crippen molar-refractivity contribution in [2.75, 3.05) is 5.32 Å². The quantitative estimate of drug-likeness (QED) is 0.701. The molecule has 1 amide bonds. The number of hydrogen-bond donors (Lipinski definition) is 1. The Morgan fingerprint density at radius 2 is 1.80 bits per heavy atom. The summed E-state index contributed by atoms with van der Waals surface area (Å²) in [7, 11) is 0. The van der Waals surface area contributed by atoms with Gasteiger partial charge in [0.2, 0.25) is 5.91 Å². The first-order valence-corrected chi connectivity index (χ1v) is 8.54. The van der Waals surface area contributed by atoms with Crippen LogP contribution >= 0.6 is 11.3 Å². The van der Waals surface area contributed by atoms with Crippen molar-refractivity contribution in [2.24, 2.45) is 0 Å². The minimum Gasteiger partial charge on any atom is -0.456 e. The van der Waals surface area contributed by atoms with Crippen molar-refractivity contribution in [2.45, 2.75) is 13.5 Å². The molecule has 6 heteroatoms. The molecule has 0 atom stereocenters. The van der Waals surface area contributed by atoms with Gasteiger partial charge in [0.15, 0.2) is 0 Å². The molecule has 0 aliphatic rings. The molecule has 126 valence electrons. The number of carbonyl (C=O) groups excluding carboxylic acids is 2. The predicted molar refractivity (Wildman–Crippen MR) is 97.4 cm³/mol. The number of anilines is 1. The van der Waals surface area contributed by atoms with Gasteiger partial charge < -0.3 is 10.1 Å². The Bertz CT molecular complexity index is 873. The zero-order chi connectivity index (χ0) is 17.6. The lowest BCUT2D eigenvalue weighted by Crippen LogP contribution is -2.07. The van der Waals surface area contributed by atoms with E-state index >= 15 is 0 Å².